The zero-order valence-electron chi connectivity index (χ0n) is 14.1. The Kier molecular flexibility index (Phi) is 4.67. The van der Waals surface area contributed by atoms with E-state index in [2.05, 4.69) is 9.97 Å². The number of rotatable bonds is 4. The minimum atomic E-state index is -0.134. The lowest BCUT2D eigenvalue weighted by Gasteiger charge is -2.09. The molecule has 0 amide bonds. The van der Waals surface area contributed by atoms with Gasteiger partial charge in [0.15, 0.2) is 0 Å². The summed E-state index contributed by atoms with van der Waals surface area (Å²) in [5.74, 6) is 0. The molecule has 0 bridgehead atoms. The summed E-state index contributed by atoms with van der Waals surface area (Å²) >= 11 is 1.55. The van der Waals surface area contributed by atoms with E-state index in [0.717, 1.165) is 21.2 Å². The van der Waals surface area contributed by atoms with Crippen LogP contribution >= 0.6 is 11.8 Å². The van der Waals surface area contributed by atoms with Crippen LogP contribution in [0.25, 0.3) is 11.4 Å². The summed E-state index contributed by atoms with van der Waals surface area (Å²) in [6, 6.07) is 18.2. The molecule has 0 aliphatic rings. The van der Waals surface area contributed by atoms with Gasteiger partial charge in [0.05, 0.1) is 11.4 Å². The van der Waals surface area contributed by atoms with Crippen molar-refractivity contribution in [3.05, 3.63) is 106 Å². The van der Waals surface area contributed by atoms with Crippen molar-refractivity contribution >= 4 is 11.8 Å². The van der Waals surface area contributed by atoms with E-state index in [4.69, 9.17) is 0 Å². The van der Waals surface area contributed by atoms with E-state index in [9.17, 15) is 9.59 Å². The van der Waals surface area contributed by atoms with Crippen LogP contribution in [0.15, 0.2) is 105 Å². The standard InChI is InChI=1S/C20H14N4O2S/c25-19-7-9-21-13-23(19)15-3-1-5-17(11-15)27-18-6-2-4-16(12-18)24-14-22-10-8-20(24)26/h1-14H. The number of hydrogen-bond acceptors (Lipinski definition) is 5. The van der Waals surface area contributed by atoms with Crippen molar-refractivity contribution in [2.75, 3.05) is 0 Å². The Bertz CT molecular complexity index is 1120. The molecular formula is C20H14N4O2S. The predicted octanol–water partition coefficient (Wildman–Crippen LogP) is 2.93. The summed E-state index contributed by atoms with van der Waals surface area (Å²) < 4.78 is 2.99. The molecule has 0 spiro atoms. The highest BCUT2D eigenvalue weighted by atomic mass is 32.2. The monoisotopic (exact) mass is 374 g/mol. The fourth-order valence-electron chi connectivity index (χ4n) is 2.62. The van der Waals surface area contributed by atoms with E-state index in [1.54, 1.807) is 11.8 Å². The molecule has 132 valence electrons. The van der Waals surface area contributed by atoms with Crippen molar-refractivity contribution in [2.45, 2.75) is 9.79 Å². The minimum Gasteiger partial charge on any atom is -0.269 e. The lowest BCUT2D eigenvalue weighted by atomic mass is 10.3. The van der Waals surface area contributed by atoms with Gasteiger partial charge < -0.3 is 0 Å². The quantitative estimate of drug-likeness (QED) is 0.549. The number of aromatic nitrogens is 4. The average molecular weight is 374 g/mol. The van der Waals surface area contributed by atoms with Gasteiger partial charge in [0.2, 0.25) is 0 Å². The highest BCUT2D eigenvalue weighted by Crippen LogP contribution is 2.29. The van der Waals surface area contributed by atoms with E-state index < -0.39 is 0 Å². The third-order valence-corrected chi connectivity index (χ3v) is 4.85. The molecule has 4 rings (SSSR count). The first-order valence-electron chi connectivity index (χ1n) is 8.15. The van der Waals surface area contributed by atoms with Gasteiger partial charge in [-0.25, -0.2) is 9.97 Å². The predicted molar refractivity (Wildman–Crippen MR) is 104 cm³/mol. The van der Waals surface area contributed by atoms with Crippen LogP contribution in [0.4, 0.5) is 0 Å². The highest BCUT2D eigenvalue weighted by Gasteiger charge is 2.05. The molecule has 0 N–H and O–H groups in total. The molecule has 2 heterocycles. The van der Waals surface area contributed by atoms with E-state index in [0.29, 0.717) is 0 Å². The van der Waals surface area contributed by atoms with Gasteiger partial charge in [-0.15, -0.1) is 0 Å². The largest absolute Gasteiger partial charge is 0.269 e. The van der Waals surface area contributed by atoms with Crippen molar-refractivity contribution in [3.63, 3.8) is 0 Å². The summed E-state index contributed by atoms with van der Waals surface area (Å²) in [5, 5.41) is 0. The maximum absolute atomic E-state index is 12.0. The van der Waals surface area contributed by atoms with Crippen LogP contribution in [-0.4, -0.2) is 19.1 Å². The second-order valence-corrected chi connectivity index (χ2v) is 6.82. The van der Waals surface area contributed by atoms with Crippen LogP contribution in [0.1, 0.15) is 0 Å². The molecule has 4 aromatic rings. The Morgan fingerprint density at radius 2 is 1.15 bits per heavy atom. The fraction of sp³-hybridized carbons (Fsp3) is 0. The topological polar surface area (TPSA) is 69.8 Å². The fourth-order valence-corrected chi connectivity index (χ4v) is 3.54. The Hall–Kier alpha value is -3.45. The summed E-state index contributed by atoms with van der Waals surface area (Å²) in [6.07, 6.45) is 5.95. The van der Waals surface area contributed by atoms with Crippen LogP contribution in [0.2, 0.25) is 0 Å². The maximum Gasteiger partial charge on any atom is 0.257 e. The molecule has 0 saturated carbocycles. The summed E-state index contributed by atoms with van der Waals surface area (Å²) in [7, 11) is 0. The first-order chi connectivity index (χ1) is 13.2. The molecule has 2 aromatic carbocycles. The van der Waals surface area contributed by atoms with Crippen LogP contribution in [0.5, 0.6) is 0 Å². The Morgan fingerprint density at radius 3 is 1.59 bits per heavy atom. The molecule has 0 radical (unpaired) electrons. The summed E-state index contributed by atoms with van der Waals surface area (Å²) in [5.41, 5.74) is 1.23. The van der Waals surface area contributed by atoms with Crippen LogP contribution < -0.4 is 11.1 Å². The second-order valence-electron chi connectivity index (χ2n) is 5.67. The van der Waals surface area contributed by atoms with Crippen LogP contribution in [-0.2, 0) is 0 Å². The van der Waals surface area contributed by atoms with Crippen molar-refractivity contribution in [2.24, 2.45) is 0 Å². The summed E-state index contributed by atoms with van der Waals surface area (Å²) in [4.78, 5) is 34.0. The van der Waals surface area contributed by atoms with Crippen molar-refractivity contribution in [1.82, 2.24) is 19.1 Å². The SMILES string of the molecule is O=c1ccncn1-c1cccc(Sc2cccc(-n3cnccc3=O)c2)c1. The molecule has 0 aliphatic heterocycles. The van der Waals surface area contributed by atoms with E-state index >= 15 is 0 Å². The first-order valence-corrected chi connectivity index (χ1v) is 8.96. The van der Waals surface area contributed by atoms with Crippen molar-refractivity contribution in [1.29, 1.82) is 0 Å². The van der Waals surface area contributed by atoms with Gasteiger partial charge in [-0.1, -0.05) is 23.9 Å². The van der Waals surface area contributed by atoms with Gasteiger partial charge in [0.25, 0.3) is 11.1 Å². The maximum atomic E-state index is 12.0. The molecule has 6 nitrogen and oxygen atoms in total. The molecule has 2 aromatic heterocycles. The average Bonchev–Trinajstić information content (AvgIpc) is 2.69. The normalized spacial score (nSPS) is 10.7. The van der Waals surface area contributed by atoms with E-state index in [1.165, 1.54) is 46.3 Å². The zero-order chi connectivity index (χ0) is 18.6. The molecular weight excluding hydrogens is 360 g/mol. The van der Waals surface area contributed by atoms with Gasteiger partial charge in [-0.3, -0.25) is 18.7 Å². The van der Waals surface area contributed by atoms with E-state index in [1.807, 2.05) is 48.5 Å². The van der Waals surface area contributed by atoms with Gasteiger partial charge in [-0.2, -0.15) is 0 Å². The molecule has 0 fully saturated rings. The zero-order valence-corrected chi connectivity index (χ0v) is 14.9. The third kappa shape index (κ3) is 3.73. The van der Waals surface area contributed by atoms with Crippen molar-refractivity contribution in [3.8, 4) is 11.4 Å². The molecule has 7 heteroatoms. The summed E-state index contributed by atoms with van der Waals surface area (Å²) in [6.45, 7) is 0. The molecule has 27 heavy (non-hydrogen) atoms. The number of benzene rings is 2. The molecule has 0 atom stereocenters. The van der Waals surface area contributed by atoms with Crippen LogP contribution in [0, 0.1) is 0 Å². The first kappa shape index (κ1) is 17.0. The lowest BCUT2D eigenvalue weighted by molar-refractivity contribution is 0.930. The van der Waals surface area contributed by atoms with Crippen LogP contribution in [0.3, 0.4) is 0 Å². The third-order valence-electron chi connectivity index (χ3n) is 3.87. The van der Waals surface area contributed by atoms with Gasteiger partial charge >= 0.3 is 0 Å². The van der Waals surface area contributed by atoms with Gasteiger partial charge in [0.1, 0.15) is 12.7 Å². The van der Waals surface area contributed by atoms with Gasteiger partial charge in [0, 0.05) is 34.3 Å². The second kappa shape index (κ2) is 7.43. The molecule has 0 saturated heterocycles. The Morgan fingerprint density at radius 1 is 0.667 bits per heavy atom. The lowest BCUT2D eigenvalue weighted by Crippen LogP contribution is -2.16. The van der Waals surface area contributed by atoms with Gasteiger partial charge in [-0.05, 0) is 36.4 Å². The number of hydrogen-bond donors (Lipinski definition) is 0. The molecule has 0 aliphatic carbocycles. The highest BCUT2D eigenvalue weighted by molar-refractivity contribution is 7.99. The smallest absolute Gasteiger partial charge is 0.257 e. The molecule has 0 unspecified atom stereocenters. The van der Waals surface area contributed by atoms with Crippen molar-refractivity contribution < 1.29 is 0 Å². The van der Waals surface area contributed by atoms with E-state index in [-0.39, 0.29) is 11.1 Å². The Labute approximate surface area is 158 Å². The number of nitrogens with zero attached hydrogens (tertiary/aromatic N) is 4. The minimum absolute atomic E-state index is 0.134. The Balaban J connectivity index is 1.66.